The highest BCUT2D eigenvalue weighted by Crippen LogP contribution is 2.41. The van der Waals surface area contributed by atoms with Gasteiger partial charge in [0.2, 0.25) is 0 Å². The summed E-state index contributed by atoms with van der Waals surface area (Å²) in [6, 6.07) is 9.06. The predicted molar refractivity (Wildman–Crippen MR) is 118 cm³/mol. The SMILES string of the molecule is COC(=O)c1ccc([C@@H]2/C(=C(\O)c3c(C)n[nH]c3C)C(=O)C(=O)N2Cc2cccnc2)cc1. The molecule has 2 aromatic heterocycles. The number of aryl methyl sites for hydroxylation is 2. The topological polar surface area (TPSA) is 125 Å². The average Bonchev–Trinajstić information content (AvgIpc) is 3.29. The van der Waals surface area contributed by atoms with Gasteiger partial charge in [-0.3, -0.25) is 19.7 Å². The smallest absolute Gasteiger partial charge is 0.337 e. The molecule has 9 heteroatoms. The molecule has 0 saturated carbocycles. The second kappa shape index (κ2) is 8.70. The van der Waals surface area contributed by atoms with Crippen LogP contribution >= 0.6 is 0 Å². The van der Waals surface area contributed by atoms with E-state index in [0.717, 1.165) is 5.56 Å². The van der Waals surface area contributed by atoms with Crippen LogP contribution in [0.4, 0.5) is 0 Å². The molecule has 0 unspecified atom stereocenters. The summed E-state index contributed by atoms with van der Waals surface area (Å²) in [6.07, 6.45) is 3.23. The van der Waals surface area contributed by atoms with Crippen LogP contribution in [0, 0.1) is 13.8 Å². The van der Waals surface area contributed by atoms with Crippen molar-refractivity contribution < 1.29 is 24.2 Å². The maximum absolute atomic E-state index is 13.1. The number of pyridine rings is 1. The van der Waals surface area contributed by atoms with Crippen LogP contribution in [0.2, 0.25) is 0 Å². The summed E-state index contributed by atoms with van der Waals surface area (Å²) in [6.45, 7) is 3.54. The summed E-state index contributed by atoms with van der Waals surface area (Å²) < 4.78 is 4.75. The fourth-order valence-corrected chi connectivity index (χ4v) is 4.03. The second-order valence-electron chi connectivity index (χ2n) is 7.71. The molecule has 168 valence electrons. The first-order chi connectivity index (χ1) is 15.8. The Morgan fingerprint density at radius 2 is 1.91 bits per heavy atom. The van der Waals surface area contributed by atoms with E-state index in [-0.39, 0.29) is 17.9 Å². The maximum atomic E-state index is 13.1. The molecule has 1 atom stereocenters. The highest BCUT2D eigenvalue weighted by atomic mass is 16.5. The lowest BCUT2D eigenvalue weighted by Gasteiger charge is -2.25. The number of carbonyl (C=O) groups excluding carboxylic acids is 3. The van der Waals surface area contributed by atoms with E-state index in [9.17, 15) is 19.5 Å². The molecule has 4 rings (SSSR count). The summed E-state index contributed by atoms with van der Waals surface area (Å²) in [5, 5.41) is 18.1. The van der Waals surface area contributed by atoms with Gasteiger partial charge in [0, 0.05) is 24.6 Å². The quantitative estimate of drug-likeness (QED) is 0.267. The molecule has 0 spiro atoms. The molecule has 0 bridgehead atoms. The Morgan fingerprint density at radius 3 is 2.48 bits per heavy atom. The Hall–Kier alpha value is -4.27. The van der Waals surface area contributed by atoms with Crippen LogP contribution in [0.3, 0.4) is 0 Å². The van der Waals surface area contributed by atoms with Crippen LogP contribution in [-0.2, 0) is 20.9 Å². The van der Waals surface area contributed by atoms with E-state index in [0.29, 0.717) is 28.1 Å². The molecular formula is C24H22N4O5. The number of aliphatic hydroxyl groups excluding tert-OH is 1. The molecule has 3 heterocycles. The number of carbonyl (C=O) groups is 3. The van der Waals surface area contributed by atoms with Gasteiger partial charge in [0.15, 0.2) is 0 Å². The molecule has 0 radical (unpaired) electrons. The summed E-state index contributed by atoms with van der Waals surface area (Å²) in [5.74, 6) is -2.33. The van der Waals surface area contributed by atoms with Gasteiger partial charge in [-0.25, -0.2) is 4.79 Å². The van der Waals surface area contributed by atoms with Gasteiger partial charge in [-0.05, 0) is 43.2 Å². The number of rotatable bonds is 5. The molecule has 0 aliphatic carbocycles. The minimum absolute atomic E-state index is 0.0395. The number of ether oxygens (including phenoxy) is 1. The van der Waals surface area contributed by atoms with Gasteiger partial charge in [0.05, 0.1) is 35.5 Å². The number of H-pyrrole nitrogens is 1. The number of nitrogens with one attached hydrogen (secondary N) is 1. The number of ketones is 1. The molecular weight excluding hydrogens is 424 g/mol. The van der Waals surface area contributed by atoms with Crippen LogP contribution in [0.15, 0.2) is 54.4 Å². The average molecular weight is 446 g/mol. The van der Waals surface area contributed by atoms with Gasteiger partial charge in [0.25, 0.3) is 11.7 Å². The molecule has 2 N–H and O–H groups in total. The summed E-state index contributed by atoms with van der Waals surface area (Å²) in [4.78, 5) is 43.5. The van der Waals surface area contributed by atoms with Crippen molar-refractivity contribution in [3.63, 3.8) is 0 Å². The van der Waals surface area contributed by atoms with Crippen molar-refractivity contribution in [3.8, 4) is 0 Å². The van der Waals surface area contributed by atoms with Crippen molar-refractivity contribution in [2.24, 2.45) is 0 Å². The molecule has 3 aromatic rings. The second-order valence-corrected chi connectivity index (χ2v) is 7.71. The van der Waals surface area contributed by atoms with E-state index in [2.05, 4.69) is 15.2 Å². The number of amides is 1. The van der Waals surface area contributed by atoms with Crippen molar-refractivity contribution in [3.05, 3.63) is 88.0 Å². The first kappa shape index (κ1) is 21.9. The molecule has 1 aliphatic heterocycles. The number of nitrogens with zero attached hydrogens (tertiary/aromatic N) is 3. The number of aromatic amines is 1. The molecule has 1 saturated heterocycles. The highest BCUT2D eigenvalue weighted by Gasteiger charge is 2.46. The van der Waals surface area contributed by atoms with E-state index >= 15 is 0 Å². The zero-order valence-corrected chi connectivity index (χ0v) is 18.3. The Labute approximate surface area is 189 Å². The minimum Gasteiger partial charge on any atom is -0.507 e. The Balaban J connectivity index is 1.87. The highest BCUT2D eigenvalue weighted by molar-refractivity contribution is 6.46. The molecule has 1 fully saturated rings. The van der Waals surface area contributed by atoms with Gasteiger partial charge >= 0.3 is 5.97 Å². The first-order valence-corrected chi connectivity index (χ1v) is 10.2. The lowest BCUT2D eigenvalue weighted by molar-refractivity contribution is -0.140. The van der Waals surface area contributed by atoms with Crippen LogP contribution in [0.25, 0.3) is 5.76 Å². The Kier molecular flexibility index (Phi) is 5.78. The zero-order valence-electron chi connectivity index (χ0n) is 18.3. The van der Waals surface area contributed by atoms with Crippen molar-refractivity contribution >= 4 is 23.4 Å². The first-order valence-electron chi connectivity index (χ1n) is 10.2. The van der Waals surface area contributed by atoms with Crippen LogP contribution in [-0.4, -0.2) is 50.0 Å². The third-order valence-corrected chi connectivity index (χ3v) is 5.63. The van der Waals surface area contributed by atoms with E-state index in [4.69, 9.17) is 4.74 Å². The van der Waals surface area contributed by atoms with Crippen molar-refractivity contribution in [1.29, 1.82) is 0 Å². The lowest BCUT2D eigenvalue weighted by Crippen LogP contribution is -2.29. The van der Waals surface area contributed by atoms with Gasteiger partial charge in [0.1, 0.15) is 5.76 Å². The fraction of sp³-hybridized carbons (Fsp3) is 0.208. The van der Waals surface area contributed by atoms with E-state index in [1.165, 1.54) is 12.0 Å². The van der Waals surface area contributed by atoms with Gasteiger partial charge in [-0.1, -0.05) is 18.2 Å². The number of Topliss-reactive ketones (excluding diaryl/α,β-unsaturated/α-hetero) is 1. The molecule has 1 aromatic carbocycles. The Bertz CT molecular complexity index is 1240. The minimum atomic E-state index is -0.870. The largest absolute Gasteiger partial charge is 0.507 e. The fourth-order valence-electron chi connectivity index (χ4n) is 4.03. The van der Waals surface area contributed by atoms with E-state index in [1.54, 1.807) is 62.6 Å². The molecule has 1 amide bonds. The number of hydrogen-bond donors (Lipinski definition) is 2. The number of aliphatic hydroxyl groups is 1. The number of likely N-dealkylation sites (tertiary alicyclic amines) is 1. The normalized spacial score (nSPS) is 17.4. The van der Waals surface area contributed by atoms with Crippen molar-refractivity contribution in [1.82, 2.24) is 20.1 Å². The molecule has 1 aliphatic rings. The third kappa shape index (κ3) is 3.89. The van der Waals surface area contributed by atoms with Gasteiger partial charge < -0.3 is 14.7 Å². The van der Waals surface area contributed by atoms with Crippen LogP contribution < -0.4 is 0 Å². The van der Waals surface area contributed by atoms with Gasteiger partial charge in [-0.15, -0.1) is 0 Å². The van der Waals surface area contributed by atoms with Gasteiger partial charge in [-0.2, -0.15) is 5.10 Å². The standard InChI is InChI=1S/C24H22N4O5/c1-13-18(14(2)27-26-13)21(29)19-20(16-6-8-17(9-7-16)24(32)33-3)28(23(31)22(19)30)12-15-5-4-10-25-11-15/h4-11,20,29H,12H2,1-3H3,(H,26,27)/b21-19+/t20-/m1/s1. The van der Waals surface area contributed by atoms with Crippen LogP contribution in [0.1, 0.15) is 44.5 Å². The number of hydrogen-bond acceptors (Lipinski definition) is 7. The van der Waals surface area contributed by atoms with E-state index in [1.807, 2.05) is 0 Å². The summed E-state index contributed by atoms with van der Waals surface area (Å²) in [7, 11) is 1.29. The number of esters is 1. The summed E-state index contributed by atoms with van der Waals surface area (Å²) >= 11 is 0. The van der Waals surface area contributed by atoms with Crippen LogP contribution in [0.5, 0.6) is 0 Å². The number of aromatic nitrogens is 3. The monoisotopic (exact) mass is 446 g/mol. The van der Waals surface area contributed by atoms with Crippen molar-refractivity contribution in [2.45, 2.75) is 26.4 Å². The number of methoxy groups -OCH3 is 1. The maximum Gasteiger partial charge on any atom is 0.337 e. The van der Waals surface area contributed by atoms with E-state index < -0.39 is 23.7 Å². The third-order valence-electron chi connectivity index (χ3n) is 5.63. The zero-order chi connectivity index (χ0) is 23.7. The predicted octanol–water partition coefficient (Wildman–Crippen LogP) is 2.83. The lowest BCUT2D eigenvalue weighted by atomic mass is 9.94. The summed E-state index contributed by atoms with van der Waals surface area (Å²) in [5.41, 5.74) is 3.03. The molecule has 9 nitrogen and oxygen atoms in total. The molecule has 33 heavy (non-hydrogen) atoms. The van der Waals surface area contributed by atoms with Crippen molar-refractivity contribution in [2.75, 3.05) is 7.11 Å². The Morgan fingerprint density at radius 1 is 1.18 bits per heavy atom. The number of benzene rings is 1.